The molecule has 0 saturated heterocycles. The average Bonchev–Trinajstić information content (AvgIpc) is 2.03. The Labute approximate surface area is 70.3 Å². The van der Waals surface area contributed by atoms with Crippen molar-refractivity contribution in [1.29, 1.82) is 0 Å². The van der Waals surface area contributed by atoms with Crippen LogP contribution in [-0.2, 0) is 4.79 Å². The summed E-state index contributed by atoms with van der Waals surface area (Å²) in [6.45, 7) is 0. The smallest absolute Gasteiger partial charge is 0.245 e. The van der Waals surface area contributed by atoms with Gasteiger partial charge in [0.15, 0.2) is 0 Å². The van der Waals surface area contributed by atoms with Crippen molar-refractivity contribution in [3.05, 3.63) is 42.0 Å². The lowest BCUT2D eigenvalue weighted by Crippen LogP contribution is -1.75. The van der Waals surface area contributed by atoms with E-state index in [4.69, 9.17) is 11.6 Å². The first-order chi connectivity index (χ1) is 5.29. The van der Waals surface area contributed by atoms with Crippen LogP contribution < -0.4 is 0 Å². The Bertz CT molecular complexity index is 264. The minimum absolute atomic E-state index is 0.450. The van der Waals surface area contributed by atoms with Crippen molar-refractivity contribution < 1.29 is 4.79 Å². The van der Waals surface area contributed by atoms with E-state index in [9.17, 15) is 4.79 Å². The molecule has 0 atom stereocenters. The monoisotopic (exact) mass is 166 g/mol. The Kier molecular flexibility index (Phi) is 2.87. The summed E-state index contributed by atoms with van der Waals surface area (Å²) in [5.41, 5.74) is 0.974. The van der Waals surface area contributed by atoms with E-state index in [2.05, 4.69) is 0 Å². The molecule has 0 unspecified atom stereocenters. The van der Waals surface area contributed by atoms with Crippen LogP contribution in [0.4, 0.5) is 0 Å². The Morgan fingerprint density at radius 2 is 1.91 bits per heavy atom. The number of hydrogen-bond acceptors (Lipinski definition) is 1. The fraction of sp³-hybridized carbons (Fsp3) is 0. The molecule has 0 amide bonds. The highest BCUT2D eigenvalue weighted by Gasteiger charge is 1.85. The molecule has 11 heavy (non-hydrogen) atoms. The standard InChI is InChI=1S/C9H7ClO/c10-9(11)7-6-8-4-2-1-3-5-8/h1-7H/b7-6-. The zero-order chi connectivity index (χ0) is 8.10. The first-order valence-corrected chi connectivity index (χ1v) is 3.59. The molecular formula is C9H7ClO. The number of benzene rings is 1. The average molecular weight is 167 g/mol. The van der Waals surface area contributed by atoms with Gasteiger partial charge in [-0.1, -0.05) is 36.4 Å². The minimum Gasteiger partial charge on any atom is -0.276 e. The van der Waals surface area contributed by atoms with Crippen molar-refractivity contribution in [3.63, 3.8) is 0 Å². The minimum atomic E-state index is -0.450. The van der Waals surface area contributed by atoms with E-state index < -0.39 is 5.24 Å². The Morgan fingerprint density at radius 1 is 1.27 bits per heavy atom. The molecule has 1 aromatic carbocycles. The molecule has 2 heteroatoms. The lowest BCUT2D eigenvalue weighted by atomic mass is 10.2. The molecular weight excluding hydrogens is 160 g/mol. The highest BCUT2D eigenvalue weighted by atomic mass is 35.5. The second kappa shape index (κ2) is 3.94. The van der Waals surface area contributed by atoms with Crippen LogP contribution in [0.25, 0.3) is 6.08 Å². The van der Waals surface area contributed by atoms with E-state index in [0.717, 1.165) is 5.56 Å². The van der Waals surface area contributed by atoms with Crippen LogP contribution in [0.3, 0.4) is 0 Å². The number of carbonyl (C=O) groups excluding carboxylic acids is 1. The molecule has 0 aromatic heterocycles. The number of halogens is 1. The van der Waals surface area contributed by atoms with Crippen molar-refractivity contribution in [1.82, 2.24) is 0 Å². The van der Waals surface area contributed by atoms with E-state index in [1.54, 1.807) is 6.08 Å². The van der Waals surface area contributed by atoms with Gasteiger partial charge >= 0.3 is 0 Å². The van der Waals surface area contributed by atoms with Crippen LogP contribution in [0.2, 0.25) is 0 Å². The molecule has 0 aliphatic rings. The second-order valence-electron chi connectivity index (χ2n) is 2.05. The van der Waals surface area contributed by atoms with Gasteiger partial charge in [0, 0.05) is 0 Å². The maximum atomic E-state index is 10.3. The predicted molar refractivity (Wildman–Crippen MR) is 46.3 cm³/mol. The predicted octanol–water partition coefficient (Wildman–Crippen LogP) is 2.47. The maximum Gasteiger partial charge on any atom is 0.245 e. The third-order valence-electron chi connectivity index (χ3n) is 1.21. The van der Waals surface area contributed by atoms with Gasteiger partial charge in [-0.3, -0.25) is 4.79 Å². The molecule has 0 aliphatic heterocycles. The Hall–Kier alpha value is -1.08. The van der Waals surface area contributed by atoms with Gasteiger partial charge in [0.2, 0.25) is 5.24 Å². The molecule has 0 N–H and O–H groups in total. The van der Waals surface area contributed by atoms with Gasteiger partial charge in [0.1, 0.15) is 0 Å². The van der Waals surface area contributed by atoms with E-state index in [0.29, 0.717) is 0 Å². The summed E-state index contributed by atoms with van der Waals surface area (Å²) in [5, 5.41) is -0.450. The summed E-state index contributed by atoms with van der Waals surface area (Å²) in [6.07, 6.45) is 3.01. The number of allylic oxidation sites excluding steroid dienone is 1. The van der Waals surface area contributed by atoms with Crippen LogP contribution >= 0.6 is 11.6 Å². The van der Waals surface area contributed by atoms with Gasteiger partial charge in [0.25, 0.3) is 0 Å². The normalized spacial score (nSPS) is 10.3. The highest BCUT2D eigenvalue weighted by molar-refractivity contribution is 6.66. The molecule has 0 bridgehead atoms. The van der Waals surface area contributed by atoms with Gasteiger partial charge in [-0.2, -0.15) is 0 Å². The summed E-state index contributed by atoms with van der Waals surface area (Å²) in [7, 11) is 0. The summed E-state index contributed by atoms with van der Waals surface area (Å²) < 4.78 is 0. The molecule has 1 aromatic rings. The molecule has 0 radical (unpaired) electrons. The summed E-state index contributed by atoms with van der Waals surface area (Å²) in [5.74, 6) is 0. The topological polar surface area (TPSA) is 17.1 Å². The van der Waals surface area contributed by atoms with Gasteiger partial charge in [-0.25, -0.2) is 0 Å². The molecule has 0 saturated carbocycles. The van der Waals surface area contributed by atoms with E-state index in [1.807, 2.05) is 30.3 Å². The molecule has 56 valence electrons. The third-order valence-corrected chi connectivity index (χ3v) is 1.33. The molecule has 0 spiro atoms. The molecule has 0 heterocycles. The van der Waals surface area contributed by atoms with Crippen LogP contribution in [0, 0.1) is 0 Å². The maximum absolute atomic E-state index is 10.3. The summed E-state index contributed by atoms with van der Waals surface area (Å²) in [6, 6.07) is 9.52. The summed E-state index contributed by atoms with van der Waals surface area (Å²) >= 11 is 5.10. The van der Waals surface area contributed by atoms with Gasteiger partial charge in [-0.05, 0) is 23.2 Å². The van der Waals surface area contributed by atoms with E-state index >= 15 is 0 Å². The number of hydrogen-bond donors (Lipinski definition) is 0. The van der Waals surface area contributed by atoms with Gasteiger partial charge in [0.05, 0.1) is 0 Å². The zero-order valence-electron chi connectivity index (χ0n) is 5.83. The van der Waals surface area contributed by atoms with Crippen molar-refractivity contribution >= 4 is 22.9 Å². The molecule has 0 fully saturated rings. The quantitative estimate of drug-likeness (QED) is 0.487. The zero-order valence-corrected chi connectivity index (χ0v) is 6.58. The van der Waals surface area contributed by atoms with Gasteiger partial charge in [-0.15, -0.1) is 0 Å². The van der Waals surface area contributed by atoms with Gasteiger partial charge < -0.3 is 0 Å². The highest BCUT2D eigenvalue weighted by Crippen LogP contribution is 2.01. The number of rotatable bonds is 2. The van der Waals surface area contributed by atoms with Crippen LogP contribution in [0.15, 0.2) is 36.4 Å². The van der Waals surface area contributed by atoms with Crippen molar-refractivity contribution in [2.45, 2.75) is 0 Å². The Morgan fingerprint density at radius 3 is 2.45 bits per heavy atom. The summed E-state index contributed by atoms with van der Waals surface area (Å²) in [4.78, 5) is 10.3. The van der Waals surface area contributed by atoms with E-state index in [-0.39, 0.29) is 0 Å². The van der Waals surface area contributed by atoms with Crippen molar-refractivity contribution in [3.8, 4) is 0 Å². The van der Waals surface area contributed by atoms with Crippen molar-refractivity contribution in [2.75, 3.05) is 0 Å². The van der Waals surface area contributed by atoms with Crippen LogP contribution in [0.5, 0.6) is 0 Å². The van der Waals surface area contributed by atoms with Crippen LogP contribution in [-0.4, -0.2) is 5.24 Å². The second-order valence-corrected chi connectivity index (χ2v) is 2.42. The molecule has 0 aliphatic carbocycles. The Balaban J connectivity index is 2.72. The lowest BCUT2D eigenvalue weighted by molar-refractivity contribution is -0.107. The first kappa shape index (κ1) is 8.02. The molecule has 1 rings (SSSR count). The fourth-order valence-electron chi connectivity index (χ4n) is 0.726. The fourth-order valence-corrected chi connectivity index (χ4v) is 0.789. The SMILES string of the molecule is O=C(Cl)/C=C\c1ccccc1. The first-order valence-electron chi connectivity index (χ1n) is 3.21. The van der Waals surface area contributed by atoms with Crippen LogP contribution in [0.1, 0.15) is 5.56 Å². The largest absolute Gasteiger partial charge is 0.276 e. The van der Waals surface area contributed by atoms with Crippen molar-refractivity contribution in [2.24, 2.45) is 0 Å². The number of carbonyl (C=O) groups is 1. The molecule has 1 nitrogen and oxygen atoms in total. The van der Waals surface area contributed by atoms with E-state index in [1.165, 1.54) is 6.08 Å². The third kappa shape index (κ3) is 3.01. The lowest BCUT2D eigenvalue weighted by Gasteiger charge is -1.87.